The van der Waals surface area contributed by atoms with Crippen LogP contribution in [-0.2, 0) is 11.3 Å². The molecule has 1 heterocycles. The van der Waals surface area contributed by atoms with Crippen molar-refractivity contribution in [1.29, 1.82) is 0 Å². The molecule has 2 aliphatic rings. The van der Waals surface area contributed by atoms with Crippen molar-refractivity contribution >= 4 is 17.5 Å². The fourth-order valence-corrected chi connectivity index (χ4v) is 5.01. The maximum atomic E-state index is 13.2. The van der Waals surface area contributed by atoms with Crippen molar-refractivity contribution in [1.82, 2.24) is 9.80 Å². The van der Waals surface area contributed by atoms with Gasteiger partial charge < -0.3 is 19.7 Å². The van der Waals surface area contributed by atoms with E-state index < -0.39 is 0 Å². The topological polar surface area (TPSA) is 71.1 Å². The largest absolute Gasteiger partial charge is 0.454 e. The highest BCUT2D eigenvalue weighted by atomic mass is 16.7. The standard InChI is InChI=1S/C27H35N3O4/c1-18-7-5-10-23(19(18)2)30(15-20-11-12-24-25(13-20)34-17-33-24)16-26(31)28-22-9-6-8-21(14-22)27(32)29(3)4/h6,8-9,11-14,18-19,23H,5,7,10,15-17H2,1-4H3,(H,28,31). The highest BCUT2D eigenvalue weighted by Crippen LogP contribution is 2.36. The minimum Gasteiger partial charge on any atom is -0.454 e. The summed E-state index contributed by atoms with van der Waals surface area (Å²) < 4.78 is 11.0. The van der Waals surface area contributed by atoms with Crippen LogP contribution in [0.4, 0.5) is 5.69 Å². The zero-order valence-corrected chi connectivity index (χ0v) is 20.5. The summed E-state index contributed by atoms with van der Waals surface area (Å²) >= 11 is 0. The molecule has 1 aliphatic heterocycles. The van der Waals surface area contributed by atoms with Crippen LogP contribution in [0.25, 0.3) is 0 Å². The van der Waals surface area contributed by atoms with Crippen molar-refractivity contribution in [3.05, 3.63) is 53.6 Å². The van der Waals surface area contributed by atoms with Crippen molar-refractivity contribution in [2.75, 3.05) is 32.7 Å². The van der Waals surface area contributed by atoms with Crippen molar-refractivity contribution in [2.45, 2.75) is 45.7 Å². The number of amides is 2. The molecule has 7 nitrogen and oxygen atoms in total. The highest BCUT2D eigenvalue weighted by Gasteiger charge is 2.32. The lowest BCUT2D eigenvalue weighted by Crippen LogP contribution is -2.46. The second kappa shape index (κ2) is 10.5. The SMILES string of the molecule is CC1CCCC(N(CC(=O)Nc2cccc(C(=O)N(C)C)c2)Cc2ccc3c(c2)OCO3)C1C. The van der Waals surface area contributed by atoms with E-state index in [0.29, 0.717) is 35.7 Å². The van der Waals surface area contributed by atoms with Gasteiger partial charge in [-0.25, -0.2) is 0 Å². The molecule has 3 atom stereocenters. The van der Waals surface area contributed by atoms with Gasteiger partial charge in [0.25, 0.3) is 5.91 Å². The second-order valence-corrected chi connectivity index (χ2v) is 9.76. The summed E-state index contributed by atoms with van der Waals surface area (Å²) in [6, 6.07) is 13.4. The Bertz CT molecular complexity index is 1040. The number of carbonyl (C=O) groups excluding carboxylic acids is 2. The lowest BCUT2D eigenvalue weighted by molar-refractivity contribution is -0.118. The Labute approximate surface area is 202 Å². The number of carbonyl (C=O) groups is 2. The number of fused-ring (bicyclic) bond motifs is 1. The predicted octanol–water partition coefficient (Wildman–Crippen LogP) is 4.38. The van der Waals surface area contributed by atoms with Crippen LogP contribution >= 0.6 is 0 Å². The van der Waals surface area contributed by atoms with Gasteiger partial charge >= 0.3 is 0 Å². The molecule has 2 aromatic carbocycles. The highest BCUT2D eigenvalue weighted by molar-refractivity contribution is 5.97. The van der Waals surface area contributed by atoms with Crippen LogP contribution in [0.5, 0.6) is 11.5 Å². The van der Waals surface area contributed by atoms with Crippen molar-refractivity contribution in [3.8, 4) is 11.5 Å². The van der Waals surface area contributed by atoms with E-state index in [1.54, 1.807) is 32.3 Å². The molecule has 182 valence electrons. The smallest absolute Gasteiger partial charge is 0.253 e. The van der Waals surface area contributed by atoms with Crippen molar-refractivity contribution in [3.63, 3.8) is 0 Å². The summed E-state index contributed by atoms with van der Waals surface area (Å²) in [5, 5.41) is 3.00. The molecular formula is C27H35N3O4. The molecule has 1 saturated carbocycles. The fraction of sp³-hybridized carbons (Fsp3) is 0.481. The molecule has 1 aliphatic carbocycles. The number of rotatable bonds is 7. The summed E-state index contributed by atoms with van der Waals surface area (Å²) in [7, 11) is 3.43. The van der Waals surface area contributed by atoms with Crippen LogP contribution in [-0.4, -0.2) is 55.1 Å². The minimum atomic E-state index is -0.0921. The molecule has 0 spiro atoms. The van der Waals surface area contributed by atoms with Crippen LogP contribution in [0, 0.1) is 11.8 Å². The summed E-state index contributed by atoms with van der Waals surface area (Å²) in [5.74, 6) is 2.46. The molecule has 0 saturated heterocycles. The quantitative estimate of drug-likeness (QED) is 0.657. The molecule has 2 amide bonds. The Morgan fingerprint density at radius 1 is 1.03 bits per heavy atom. The van der Waals surface area contributed by atoms with E-state index in [9.17, 15) is 9.59 Å². The second-order valence-electron chi connectivity index (χ2n) is 9.76. The number of nitrogens with one attached hydrogen (secondary N) is 1. The molecule has 2 aromatic rings. The van der Waals surface area contributed by atoms with Gasteiger partial charge in [-0.2, -0.15) is 0 Å². The zero-order valence-electron chi connectivity index (χ0n) is 20.5. The Morgan fingerprint density at radius 2 is 1.82 bits per heavy atom. The average Bonchev–Trinajstić information content (AvgIpc) is 3.28. The minimum absolute atomic E-state index is 0.0828. The van der Waals surface area contributed by atoms with Gasteiger partial charge in [-0.05, 0) is 54.2 Å². The lowest BCUT2D eigenvalue weighted by Gasteiger charge is -2.41. The van der Waals surface area contributed by atoms with Gasteiger partial charge in [0, 0.05) is 37.9 Å². The average molecular weight is 466 g/mol. The van der Waals surface area contributed by atoms with Gasteiger partial charge in [0.2, 0.25) is 12.7 Å². The normalized spacial score (nSPS) is 21.4. The molecule has 0 radical (unpaired) electrons. The number of nitrogens with zero attached hydrogens (tertiary/aromatic N) is 2. The molecule has 3 unspecified atom stereocenters. The predicted molar refractivity (Wildman–Crippen MR) is 132 cm³/mol. The van der Waals surface area contributed by atoms with Crippen LogP contribution in [0.2, 0.25) is 0 Å². The Kier molecular flexibility index (Phi) is 7.41. The third-order valence-corrected chi connectivity index (χ3v) is 7.10. The molecule has 0 aromatic heterocycles. The number of benzene rings is 2. The van der Waals surface area contributed by atoms with Gasteiger partial charge in [-0.3, -0.25) is 14.5 Å². The van der Waals surface area contributed by atoms with E-state index in [2.05, 4.69) is 24.1 Å². The fourth-order valence-electron chi connectivity index (χ4n) is 5.01. The van der Waals surface area contributed by atoms with Gasteiger partial charge in [0.1, 0.15) is 0 Å². The first kappa shape index (κ1) is 24.1. The van der Waals surface area contributed by atoms with E-state index in [4.69, 9.17) is 9.47 Å². The van der Waals surface area contributed by atoms with E-state index in [-0.39, 0.29) is 25.2 Å². The molecule has 34 heavy (non-hydrogen) atoms. The number of hydrogen-bond donors (Lipinski definition) is 1. The summed E-state index contributed by atoms with van der Waals surface area (Å²) in [6.07, 6.45) is 3.48. The molecule has 1 fully saturated rings. The first-order valence-electron chi connectivity index (χ1n) is 12.1. The van der Waals surface area contributed by atoms with Gasteiger partial charge in [0.05, 0.1) is 6.54 Å². The maximum absolute atomic E-state index is 13.2. The molecule has 0 bridgehead atoms. The van der Waals surface area contributed by atoms with E-state index in [1.807, 2.05) is 24.3 Å². The van der Waals surface area contributed by atoms with Crippen LogP contribution < -0.4 is 14.8 Å². The van der Waals surface area contributed by atoms with Crippen molar-refractivity contribution < 1.29 is 19.1 Å². The summed E-state index contributed by atoms with van der Waals surface area (Å²) in [6.45, 7) is 5.79. The van der Waals surface area contributed by atoms with Crippen LogP contribution in [0.15, 0.2) is 42.5 Å². The van der Waals surface area contributed by atoms with Crippen molar-refractivity contribution in [2.24, 2.45) is 11.8 Å². The maximum Gasteiger partial charge on any atom is 0.253 e. The molecule has 1 N–H and O–H groups in total. The molecule has 7 heteroatoms. The molecule has 4 rings (SSSR count). The first-order valence-corrected chi connectivity index (χ1v) is 12.1. The van der Waals surface area contributed by atoms with Crippen LogP contribution in [0.3, 0.4) is 0 Å². The first-order chi connectivity index (χ1) is 16.3. The number of hydrogen-bond acceptors (Lipinski definition) is 5. The van der Waals surface area contributed by atoms with E-state index >= 15 is 0 Å². The van der Waals surface area contributed by atoms with Gasteiger partial charge in [0.15, 0.2) is 11.5 Å². The van der Waals surface area contributed by atoms with Crippen LogP contribution in [0.1, 0.15) is 49.0 Å². The Hall–Kier alpha value is -3.06. The van der Waals surface area contributed by atoms with Gasteiger partial charge in [-0.1, -0.05) is 38.8 Å². The van der Waals surface area contributed by atoms with Gasteiger partial charge in [-0.15, -0.1) is 0 Å². The lowest BCUT2D eigenvalue weighted by atomic mass is 9.77. The summed E-state index contributed by atoms with van der Waals surface area (Å²) in [5.41, 5.74) is 2.28. The third-order valence-electron chi connectivity index (χ3n) is 7.10. The molecular weight excluding hydrogens is 430 g/mol. The third kappa shape index (κ3) is 5.53. The Morgan fingerprint density at radius 3 is 2.62 bits per heavy atom. The Balaban J connectivity index is 1.50. The van der Waals surface area contributed by atoms with E-state index in [1.165, 1.54) is 17.7 Å². The monoisotopic (exact) mass is 465 g/mol. The van der Waals surface area contributed by atoms with E-state index in [0.717, 1.165) is 23.5 Å². The summed E-state index contributed by atoms with van der Waals surface area (Å²) in [4.78, 5) is 29.3. The number of ether oxygens (including phenoxy) is 2. The zero-order chi connectivity index (χ0) is 24.2. The number of anilines is 1.